The minimum atomic E-state index is -1.24. The van der Waals surface area contributed by atoms with Crippen molar-refractivity contribution in [1.29, 1.82) is 0 Å². The lowest BCUT2D eigenvalue weighted by atomic mass is 10.1. The van der Waals surface area contributed by atoms with Gasteiger partial charge in [0.25, 0.3) is 5.69 Å². The number of nitro groups is 1. The van der Waals surface area contributed by atoms with Crippen LogP contribution in [-0.2, 0) is 16.1 Å². The Morgan fingerprint density at radius 1 is 1.17 bits per heavy atom. The molecule has 0 saturated carbocycles. The molecule has 1 saturated heterocycles. The highest BCUT2D eigenvalue weighted by Crippen LogP contribution is 2.38. The number of carboxylic acids is 1. The summed E-state index contributed by atoms with van der Waals surface area (Å²) in [6.07, 6.45) is -0.659. The number of benzene rings is 2. The Labute approximate surface area is 181 Å². The van der Waals surface area contributed by atoms with E-state index in [2.05, 4.69) is 0 Å². The maximum atomic E-state index is 12.4. The monoisotopic (exact) mass is 453 g/mol. The molecule has 1 heterocycles. The van der Waals surface area contributed by atoms with Crippen molar-refractivity contribution in [3.05, 3.63) is 68.2 Å². The molecule has 0 bridgehead atoms. The third-order valence-electron chi connectivity index (χ3n) is 4.65. The van der Waals surface area contributed by atoms with E-state index in [0.29, 0.717) is 0 Å². The smallest absolute Gasteiger partial charge is 0.410 e. The molecule has 30 heavy (non-hydrogen) atoms. The Balaban J connectivity index is 1.78. The predicted molar refractivity (Wildman–Crippen MR) is 110 cm³/mol. The van der Waals surface area contributed by atoms with Gasteiger partial charge in [-0.15, -0.1) is 0 Å². The summed E-state index contributed by atoms with van der Waals surface area (Å²) in [5.74, 6) is -1.24. The van der Waals surface area contributed by atoms with E-state index in [4.69, 9.17) is 27.9 Å². The molecule has 158 valence electrons. The van der Waals surface area contributed by atoms with E-state index in [1.807, 2.05) is 18.2 Å². The van der Waals surface area contributed by atoms with Gasteiger partial charge in [0.15, 0.2) is 0 Å². The number of nitrogens with zero attached hydrogens (tertiary/aromatic N) is 3. The maximum Gasteiger partial charge on any atom is 0.410 e. The lowest BCUT2D eigenvalue weighted by Gasteiger charge is -2.39. The molecule has 2 aromatic rings. The Hall–Kier alpha value is -3.04. The molecule has 3 rings (SSSR count). The number of nitro benzene ring substituents is 1. The third kappa shape index (κ3) is 4.74. The van der Waals surface area contributed by atoms with Crippen molar-refractivity contribution in [2.75, 3.05) is 24.5 Å². The first kappa shape index (κ1) is 21.7. The lowest BCUT2D eigenvalue weighted by Crippen LogP contribution is -2.58. The number of carbonyl (C=O) groups excluding carboxylic acids is 1. The van der Waals surface area contributed by atoms with Crippen molar-refractivity contribution in [2.45, 2.75) is 12.6 Å². The van der Waals surface area contributed by atoms with E-state index in [1.165, 1.54) is 15.9 Å². The Morgan fingerprint density at radius 3 is 2.47 bits per heavy atom. The summed E-state index contributed by atoms with van der Waals surface area (Å²) in [6, 6.07) is 10.2. The van der Waals surface area contributed by atoms with Gasteiger partial charge in [-0.05, 0) is 11.6 Å². The van der Waals surface area contributed by atoms with Crippen LogP contribution < -0.4 is 4.90 Å². The third-order valence-corrected chi connectivity index (χ3v) is 5.37. The van der Waals surface area contributed by atoms with Crippen LogP contribution in [0.5, 0.6) is 0 Å². The summed E-state index contributed by atoms with van der Waals surface area (Å²) in [6.45, 7) is 0.00124. The number of amides is 1. The van der Waals surface area contributed by atoms with Crippen LogP contribution in [0.3, 0.4) is 0 Å². The van der Waals surface area contributed by atoms with Gasteiger partial charge in [0, 0.05) is 19.2 Å². The largest absolute Gasteiger partial charge is 0.480 e. The van der Waals surface area contributed by atoms with Gasteiger partial charge in [0.05, 0.1) is 21.5 Å². The fourth-order valence-corrected chi connectivity index (χ4v) is 3.48. The summed E-state index contributed by atoms with van der Waals surface area (Å²) in [4.78, 5) is 37.7. The van der Waals surface area contributed by atoms with Crippen LogP contribution in [0.25, 0.3) is 0 Å². The zero-order chi connectivity index (χ0) is 21.8. The molecule has 11 heteroatoms. The summed E-state index contributed by atoms with van der Waals surface area (Å²) in [5, 5.41) is 21.2. The van der Waals surface area contributed by atoms with E-state index < -0.39 is 23.0 Å². The molecule has 1 aliphatic heterocycles. The van der Waals surface area contributed by atoms with E-state index >= 15 is 0 Å². The van der Waals surface area contributed by atoms with E-state index in [1.54, 1.807) is 12.1 Å². The first-order valence-corrected chi connectivity index (χ1v) is 9.62. The van der Waals surface area contributed by atoms with Crippen molar-refractivity contribution in [3.63, 3.8) is 0 Å². The Bertz CT molecular complexity index is 972. The SMILES string of the molecule is O=C(O)[C@@H]1CN(C(=O)OCc2ccccc2)CCN1c1cc(Cl)c(Cl)cc1[N+](=O)[O-]. The van der Waals surface area contributed by atoms with Gasteiger partial charge in [-0.2, -0.15) is 0 Å². The van der Waals surface area contributed by atoms with Crippen molar-refractivity contribution in [1.82, 2.24) is 4.90 Å². The number of piperazine rings is 1. The van der Waals surface area contributed by atoms with Crippen LogP contribution in [0.4, 0.5) is 16.2 Å². The quantitative estimate of drug-likeness (QED) is 0.540. The molecule has 0 spiro atoms. The van der Waals surface area contributed by atoms with Crippen LogP contribution in [0.15, 0.2) is 42.5 Å². The van der Waals surface area contributed by atoms with Crippen molar-refractivity contribution >= 4 is 46.6 Å². The van der Waals surface area contributed by atoms with Crippen LogP contribution >= 0.6 is 23.2 Å². The molecule has 0 unspecified atom stereocenters. The highest BCUT2D eigenvalue weighted by atomic mass is 35.5. The number of hydrogen-bond donors (Lipinski definition) is 1. The fourth-order valence-electron chi connectivity index (χ4n) is 3.16. The molecule has 1 aliphatic rings. The van der Waals surface area contributed by atoms with Crippen LogP contribution in [0, 0.1) is 10.1 Å². The summed E-state index contributed by atoms with van der Waals surface area (Å²) in [5.41, 5.74) is 0.459. The molecule has 0 radical (unpaired) electrons. The zero-order valence-electron chi connectivity index (χ0n) is 15.5. The summed E-state index contributed by atoms with van der Waals surface area (Å²) >= 11 is 11.9. The molecule has 0 aliphatic carbocycles. The summed E-state index contributed by atoms with van der Waals surface area (Å²) < 4.78 is 5.26. The van der Waals surface area contributed by atoms with E-state index in [9.17, 15) is 24.8 Å². The molecule has 9 nitrogen and oxygen atoms in total. The number of carbonyl (C=O) groups is 2. The van der Waals surface area contributed by atoms with Crippen molar-refractivity contribution < 1.29 is 24.4 Å². The molecule has 1 N–H and O–H groups in total. The molecular formula is C19H17Cl2N3O6. The standard InChI is InChI=1S/C19H17Cl2N3O6/c20-13-8-15(16(24(28)29)9-14(13)21)23-7-6-22(10-17(23)18(25)26)19(27)30-11-12-4-2-1-3-5-12/h1-5,8-9,17H,6-7,10-11H2,(H,25,26)/t17-/m0/s1. The Morgan fingerprint density at radius 2 is 1.83 bits per heavy atom. The molecule has 0 aromatic heterocycles. The minimum Gasteiger partial charge on any atom is -0.480 e. The van der Waals surface area contributed by atoms with Gasteiger partial charge in [-0.25, -0.2) is 9.59 Å². The number of aliphatic carboxylic acids is 1. The second-order valence-electron chi connectivity index (χ2n) is 6.55. The van der Waals surface area contributed by atoms with Gasteiger partial charge in [0.1, 0.15) is 18.3 Å². The van der Waals surface area contributed by atoms with Crippen molar-refractivity contribution in [3.8, 4) is 0 Å². The van der Waals surface area contributed by atoms with Gasteiger partial charge in [-0.3, -0.25) is 10.1 Å². The average molecular weight is 454 g/mol. The van der Waals surface area contributed by atoms with Crippen LogP contribution in [0.2, 0.25) is 10.0 Å². The van der Waals surface area contributed by atoms with E-state index in [0.717, 1.165) is 11.6 Å². The van der Waals surface area contributed by atoms with Crippen LogP contribution in [0.1, 0.15) is 5.56 Å². The number of ether oxygens (including phenoxy) is 1. The number of anilines is 1. The van der Waals surface area contributed by atoms with Crippen LogP contribution in [-0.4, -0.2) is 52.7 Å². The van der Waals surface area contributed by atoms with Gasteiger partial charge < -0.3 is 19.6 Å². The highest BCUT2D eigenvalue weighted by molar-refractivity contribution is 6.42. The minimum absolute atomic E-state index is 0.0119. The van der Waals surface area contributed by atoms with Gasteiger partial charge >= 0.3 is 12.1 Å². The number of halogens is 2. The van der Waals surface area contributed by atoms with Gasteiger partial charge in [-0.1, -0.05) is 53.5 Å². The number of rotatable bonds is 5. The molecule has 2 aromatic carbocycles. The first-order chi connectivity index (χ1) is 14.3. The van der Waals surface area contributed by atoms with Gasteiger partial charge in [0.2, 0.25) is 0 Å². The van der Waals surface area contributed by atoms with E-state index in [-0.39, 0.29) is 47.7 Å². The first-order valence-electron chi connectivity index (χ1n) is 8.86. The highest BCUT2D eigenvalue weighted by Gasteiger charge is 2.38. The second kappa shape index (κ2) is 9.19. The molecule has 1 atom stereocenters. The number of hydrogen-bond acceptors (Lipinski definition) is 6. The molecule has 1 fully saturated rings. The molecule has 1 amide bonds. The predicted octanol–water partition coefficient (Wildman–Crippen LogP) is 3.81. The molecular weight excluding hydrogens is 437 g/mol. The second-order valence-corrected chi connectivity index (χ2v) is 7.36. The normalized spacial score (nSPS) is 16.3. The van der Waals surface area contributed by atoms with Crippen molar-refractivity contribution in [2.24, 2.45) is 0 Å². The fraction of sp³-hybridized carbons (Fsp3) is 0.263. The summed E-state index contributed by atoms with van der Waals surface area (Å²) in [7, 11) is 0. The zero-order valence-corrected chi connectivity index (χ0v) is 17.0. The Kier molecular flexibility index (Phi) is 6.63. The topological polar surface area (TPSA) is 113 Å². The number of carboxylic acid groups (broad SMARTS) is 1. The lowest BCUT2D eigenvalue weighted by molar-refractivity contribution is -0.384. The maximum absolute atomic E-state index is 12.4. The average Bonchev–Trinajstić information content (AvgIpc) is 2.73.